The van der Waals surface area contributed by atoms with Crippen molar-refractivity contribution in [3.05, 3.63) is 46.9 Å². The highest BCUT2D eigenvalue weighted by Gasteiger charge is 2.33. The zero-order chi connectivity index (χ0) is 19.6. The predicted octanol–water partition coefficient (Wildman–Crippen LogP) is 4.11. The Hall–Kier alpha value is -2.79. The number of aryl methyl sites for hydroxylation is 1. The lowest BCUT2D eigenvalue weighted by Gasteiger charge is -2.06. The van der Waals surface area contributed by atoms with Crippen LogP contribution in [0.25, 0.3) is 26.1 Å². The van der Waals surface area contributed by atoms with Crippen LogP contribution in [-0.4, -0.2) is 34.3 Å². The first kappa shape index (κ1) is 17.3. The van der Waals surface area contributed by atoms with Crippen LogP contribution in [0, 0.1) is 6.92 Å². The number of rotatable bonds is 2. The second kappa shape index (κ2) is 5.85. The second-order valence-electron chi connectivity index (χ2n) is 6.18. The number of thiophene rings is 1. The topological polar surface area (TPSA) is 73.8 Å². The maximum absolute atomic E-state index is 13.1. The van der Waals surface area contributed by atoms with Crippen LogP contribution in [0.2, 0.25) is 5.02 Å². The number of fused-ring (bicyclic) bond motifs is 5. The van der Waals surface area contributed by atoms with E-state index in [1.165, 1.54) is 17.0 Å². The first-order valence-corrected chi connectivity index (χ1v) is 9.18. The van der Waals surface area contributed by atoms with Gasteiger partial charge in [0.2, 0.25) is 0 Å². The van der Waals surface area contributed by atoms with Crippen molar-refractivity contribution >= 4 is 49.0 Å². The highest BCUT2D eigenvalue weighted by atomic mass is 35.5. The number of alkyl halides is 3. The van der Waals surface area contributed by atoms with Crippen molar-refractivity contribution in [2.24, 2.45) is 0 Å². The molecule has 0 aliphatic carbocycles. The molecule has 0 unspecified atom stereocenters. The van der Waals surface area contributed by atoms with E-state index < -0.39 is 11.9 Å². The Morgan fingerprint density at radius 2 is 2.07 bits per heavy atom. The van der Waals surface area contributed by atoms with E-state index in [1.807, 2.05) is 0 Å². The van der Waals surface area contributed by atoms with Gasteiger partial charge >= 0.3 is 6.18 Å². The normalized spacial score (nSPS) is 12.6. The lowest BCUT2D eigenvalue weighted by molar-refractivity contribution is -0.141. The second-order valence-corrected chi connectivity index (χ2v) is 7.61. The summed E-state index contributed by atoms with van der Waals surface area (Å²) in [5, 5.41) is 9.55. The molecule has 5 aromatic rings. The fraction of sp³-hybridized carbons (Fsp3) is 0.188. The van der Waals surface area contributed by atoms with E-state index in [4.69, 9.17) is 11.6 Å². The lowest BCUT2D eigenvalue weighted by Crippen LogP contribution is -2.07. The molecule has 0 saturated heterocycles. The van der Waals surface area contributed by atoms with Gasteiger partial charge in [-0.05, 0) is 18.6 Å². The molecule has 0 fully saturated rings. The van der Waals surface area contributed by atoms with Crippen molar-refractivity contribution in [1.82, 2.24) is 34.3 Å². The third-order valence-corrected chi connectivity index (χ3v) is 5.47. The molecule has 5 aromatic heterocycles. The largest absolute Gasteiger partial charge is 0.433 e. The van der Waals surface area contributed by atoms with E-state index in [0.717, 1.165) is 17.4 Å². The van der Waals surface area contributed by atoms with Crippen LogP contribution >= 0.6 is 22.9 Å². The summed E-state index contributed by atoms with van der Waals surface area (Å²) in [4.78, 5) is 13.0. The highest BCUT2D eigenvalue weighted by molar-refractivity contribution is 7.26. The van der Waals surface area contributed by atoms with E-state index in [9.17, 15) is 13.2 Å². The number of nitrogens with zero attached hydrogens (tertiary/aromatic N) is 7. The molecule has 0 spiro atoms. The molecule has 142 valence electrons. The Labute approximate surface area is 163 Å². The number of aromatic nitrogens is 7. The molecule has 5 heterocycles. The van der Waals surface area contributed by atoms with Crippen LogP contribution in [0.3, 0.4) is 0 Å². The first-order chi connectivity index (χ1) is 13.3. The van der Waals surface area contributed by atoms with E-state index in [2.05, 4.69) is 25.1 Å². The lowest BCUT2D eigenvalue weighted by atomic mass is 10.1. The van der Waals surface area contributed by atoms with Gasteiger partial charge in [-0.15, -0.1) is 16.4 Å². The Kier molecular flexibility index (Phi) is 3.62. The summed E-state index contributed by atoms with van der Waals surface area (Å²) in [7, 11) is 0. The maximum atomic E-state index is 13.1. The molecule has 5 rings (SSSR count). The fourth-order valence-corrected chi connectivity index (χ4v) is 4.37. The predicted molar refractivity (Wildman–Crippen MR) is 97.5 cm³/mol. The summed E-state index contributed by atoms with van der Waals surface area (Å²) in [5.41, 5.74) is 0.616. The Balaban J connectivity index is 1.70. The molecule has 0 saturated carbocycles. The SMILES string of the molecule is Cc1cc(C(F)(F)F)nc2sc3c(ncn4nc(Cn5cc(Cl)cn5)nc34)c12. The van der Waals surface area contributed by atoms with E-state index in [-0.39, 0.29) is 4.83 Å². The van der Waals surface area contributed by atoms with Crippen LogP contribution in [0.4, 0.5) is 13.2 Å². The molecule has 0 radical (unpaired) electrons. The van der Waals surface area contributed by atoms with Crippen molar-refractivity contribution in [3.8, 4) is 0 Å². The van der Waals surface area contributed by atoms with Crippen molar-refractivity contribution in [2.75, 3.05) is 0 Å². The van der Waals surface area contributed by atoms with Crippen LogP contribution in [-0.2, 0) is 12.7 Å². The molecule has 0 N–H and O–H groups in total. The van der Waals surface area contributed by atoms with Gasteiger partial charge in [-0.1, -0.05) is 11.6 Å². The standard InChI is InChI=1S/C16H9ClF3N7S/c1-7-2-9(16(18,19)20)23-15-11(7)12-13(28-15)14-24-10(25-27(14)6-21-12)5-26-4-8(17)3-22-26/h2-4,6H,5H2,1H3. The quantitative estimate of drug-likeness (QED) is 0.427. The van der Waals surface area contributed by atoms with Crippen LogP contribution in [0.1, 0.15) is 17.1 Å². The first-order valence-electron chi connectivity index (χ1n) is 7.99. The third-order valence-electron chi connectivity index (χ3n) is 4.20. The zero-order valence-electron chi connectivity index (χ0n) is 14.1. The molecule has 28 heavy (non-hydrogen) atoms. The van der Waals surface area contributed by atoms with Gasteiger partial charge in [0.15, 0.2) is 11.5 Å². The van der Waals surface area contributed by atoms with E-state index in [1.54, 1.807) is 17.8 Å². The average molecular weight is 424 g/mol. The van der Waals surface area contributed by atoms with Gasteiger partial charge in [0, 0.05) is 11.6 Å². The summed E-state index contributed by atoms with van der Waals surface area (Å²) in [6.07, 6.45) is 0.140. The molecule has 0 bridgehead atoms. The smallest absolute Gasteiger partial charge is 0.263 e. The fourth-order valence-electron chi connectivity index (χ4n) is 3.04. The molecule has 0 atom stereocenters. The Morgan fingerprint density at radius 1 is 1.25 bits per heavy atom. The zero-order valence-corrected chi connectivity index (χ0v) is 15.6. The van der Waals surface area contributed by atoms with Gasteiger partial charge in [-0.25, -0.2) is 19.5 Å². The summed E-state index contributed by atoms with van der Waals surface area (Å²) in [5.74, 6) is 0.479. The molecule has 7 nitrogen and oxygen atoms in total. The van der Waals surface area contributed by atoms with Crippen LogP contribution < -0.4 is 0 Å². The highest BCUT2D eigenvalue weighted by Crippen LogP contribution is 2.38. The Morgan fingerprint density at radius 3 is 2.79 bits per heavy atom. The van der Waals surface area contributed by atoms with Crippen molar-refractivity contribution < 1.29 is 13.2 Å². The van der Waals surface area contributed by atoms with Crippen molar-refractivity contribution in [2.45, 2.75) is 19.6 Å². The molecule has 0 aliphatic rings. The monoisotopic (exact) mass is 423 g/mol. The minimum atomic E-state index is -4.51. The number of pyridine rings is 1. The molecular formula is C16H9ClF3N7S. The van der Waals surface area contributed by atoms with Crippen LogP contribution in [0.15, 0.2) is 24.8 Å². The number of hydrogen-bond acceptors (Lipinski definition) is 6. The molecule has 0 amide bonds. The number of hydrogen-bond donors (Lipinski definition) is 0. The number of halogens is 4. The summed E-state index contributed by atoms with van der Waals surface area (Å²) in [6, 6.07) is 1.04. The summed E-state index contributed by atoms with van der Waals surface area (Å²) in [6.45, 7) is 1.92. The van der Waals surface area contributed by atoms with Gasteiger partial charge in [0.25, 0.3) is 0 Å². The minimum absolute atomic E-state index is 0.270. The summed E-state index contributed by atoms with van der Waals surface area (Å²) < 4.78 is 43.0. The third kappa shape index (κ3) is 2.69. The average Bonchev–Trinajstić information content (AvgIpc) is 3.29. The van der Waals surface area contributed by atoms with Gasteiger partial charge in [0.05, 0.1) is 16.7 Å². The molecule has 0 aromatic carbocycles. The minimum Gasteiger partial charge on any atom is -0.263 e. The van der Waals surface area contributed by atoms with Crippen molar-refractivity contribution in [1.29, 1.82) is 0 Å². The molecule has 12 heteroatoms. The summed E-state index contributed by atoms with van der Waals surface area (Å²) >= 11 is 6.98. The maximum Gasteiger partial charge on any atom is 0.433 e. The van der Waals surface area contributed by atoms with Gasteiger partial charge in [0.1, 0.15) is 28.1 Å². The Bertz CT molecular complexity index is 1370. The van der Waals surface area contributed by atoms with Crippen molar-refractivity contribution in [3.63, 3.8) is 0 Å². The van der Waals surface area contributed by atoms with Crippen LogP contribution in [0.5, 0.6) is 0 Å². The molecular weight excluding hydrogens is 415 g/mol. The van der Waals surface area contributed by atoms with Gasteiger partial charge < -0.3 is 0 Å². The molecule has 0 aliphatic heterocycles. The van der Waals surface area contributed by atoms with Gasteiger partial charge in [-0.2, -0.15) is 18.3 Å². The van der Waals surface area contributed by atoms with Gasteiger partial charge in [-0.3, -0.25) is 4.68 Å². The van der Waals surface area contributed by atoms with E-state index in [0.29, 0.717) is 44.2 Å². The van der Waals surface area contributed by atoms with E-state index >= 15 is 0 Å².